The van der Waals surface area contributed by atoms with Crippen molar-refractivity contribution < 1.29 is 113 Å². The zero-order valence-electron chi connectivity index (χ0n) is 56.8. The Bertz CT molecular complexity index is 4130. The molecule has 18 atom stereocenters. The van der Waals surface area contributed by atoms with Crippen molar-refractivity contribution in [2.75, 3.05) is 20.2 Å². The number of fused-ring (bicyclic) bond motifs is 15. The highest BCUT2D eigenvalue weighted by atomic mass is 35.5. The zero-order valence-corrected chi connectivity index (χ0v) is 58.3. The number of primary amides is 1. The lowest BCUT2D eigenvalue weighted by Crippen LogP contribution is -2.63. The standard InChI is InChI=1S/C69H82Cl2N10O23/c1-7-14-75-62(93)51-34-21-32(83)22-40(85)48(34)33-16-28(8-11-39(33)84)49-63(94)81-53(66(97)79-51)55(88)30-10-13-42(36(71)18-30)100-44-20-31-19-43(58(44)104-68-59(57(90)56(89)45(25-82)101-68)102-47-24-69(5,73)27(4)67(98)103-47)99-41-12-9-29(17-35(41)70)54(87)52(80-60(91)37(74-6)15-26(2)3)65(96)76-38(23-46(72)86)61(92)77-50(31)64(95)78-49/h8-13,16-22,26-27,37-38,45,47,49-57,59,67-68,74,82-85,87-90,98H,7,14-15,23-25,73H2,1-6H3,(H2,72,86)(H,75,93)(H,76,96)(H,77,92)(H,78,95)(H,79,97)(H,80,91)(H,81,94)/t27-,37-,38+,45+,47-,49-,50-,51-,52-,53+,54-,55-,56+,57-,59+,67-,68-,69+/m1/s1. The molecule has 5 aromatic carbocycles. The Balaban J connectivity index is 1.24. The van der Waals surface area contributed by atoms with Crippen LogP contribution in [0.3, 0.4) is 0 Å². The first-order chi connectivity index (χ1) is 49.2. The Kier molecular flexibility index (Phi) is 23.8. The van der Waals surface area contributed by atoms with E-state index in [1.165, 1.54) is 25.2 Å². The third-order valence-corrected chi connectivity index (χ3v) is 19.2. The van der Waals surface area contributed by atoms with Gasteiger partial charge in [-0.25, -0.2) is 0 Å². The van der Waals surface area contributed by atoms with Gasteiger partial charge in [-0.3, -0.25) is 38.4 Å². The summed E-state index contributed by atoms with van der Waals surface area (Å²) in [5, 5.41) is 124. The quantitative estimate of drug-likeness (QED) is 0.0688. The van der Waals surface area contributed by atoms with Crippen molar-refractivity contribution in [3.63, 3.8) is 0 Å². The number of carbonyl (C=O) groups is 8. The van der Waals surface area contributed by atoms with Gasteiger partial charge in [-0.15, -0.1) is 0 Å². The van der Waals surface area contributed by atoms with E-state index >= 15 is 19.2 Å². The van der Waals surface area contributed by atoms with Gasteiger partial charge >= 0.3 is 0 Å². The predicted molar refractivity (Wildman–Crippen MR) is 365 cm³/mol. The molecule has 7 heterocycles. The van der Waals surface area contributed by atoms with Gasteiger partial charge in [-0.1, -0.05) is 69.1 Å². The minimum absolute atomic E-state index is 0.0236. The molecule has 2 fully saturated rings. The molecule has 33 nitrogen and oxygen atoms in total. The summed E-state index contributed by atoms with van der Waals surface area (Å²) in [6.07, 6.45) is -17.4. The van der Waals surface area contributed by atoms with E-state index in [0.717, 1.165) is 60.7 Å². The van der Waals surface area contributed by atoms with Crippen LogP contribution >= 0.6 is 23.2 Å². The van der Waals surface area contributed by atoms with Gasteiger partial charge in [-0.05, 0) is 115 Å². The van der Waals surface area contributed by atoms with Crippen LogP contribution in [0.2, 0.25) is 10.0 Å². The number of aliphatic hydroxyl groups is 6. The number of phenols is 3. The number of likely N-dealkylation sites (N-methyl/N-ethyl adjacent to an activating group) is 1. The van der Waals surface area contributed by atoms with E-state index in [1.807, 2.05) is 13.8 Å². The van der Waals surface area contributed by atoms with Crippen molar-refractivity contribution in [1.29, 1.82) is 0 Å². The number of aliphatic hydroxyl groups excluding tert-OH is 6. The molecule has 7 aliphatic rings. The van der Waals surface area contributed by atoms with Crippen LogP contribution in [0.1, 0.15) is 118 Å². The summed E-state index contributed by atoms with van der Waals surface area (Å²) in [5.41, 5.74) is 8.93. The van der Waals surface area contributed by atoms with Crippen molar-refractivity contribution in [2.24, 2.45) is 23.3 Å². The molecule has 560 valence electrons. The smallest absolute Gasteiger partial charge is 0.248 e. The molecule has 0 unspecified atom stereocenters. The van der Waals surface area contributed by atoms with Crippen LogP contribution in [0.15, 0.2) is 78.9 Å². The topological polar surface area (TPSA) is 522 Å². The van der Waals surface area contributed by atoms with E-state index in [2.05, 4.69) is 42.5 Å². The maximum atomic E-state index is 16.1. The highest BCUT2D eigenvalue weighted by molar-refractivity contribution is 6.32. The van der Waals surface area contributed by atoms with Crippen LogP contribution in [0, 0.1) is 11.8 Å². The average Bonchev–Trinajstić information content (AvgIpc) is 0.768. The third-order valence-electron chi connectivity index (χ3n) is 18.6. The van der Waals surface area contributed by atoms with Gasteiger partial charge in [0.05, 0.1) is 29.1 Å². The molecular formula is C69H82Cl2N10O23. The van der Waals surface area contributed by atoms with Gasteiger partial charge in [0, 0.05) is 41.6 Å². The molecule has 0 spiro atoms. The summed E-state index contributed by atoms with van der Waals surface area (Å²) >= 11 is 14.2. The number of benzene rings is 5. The van der Waals surface area contributed by atoms with E-state index in [-0.39, 0.29) is 69.6 Å². The van der Waals surface area contributed by atoms with Crippen molar-refractivity contribution in [3.05, 3.63) is 117 Å². The average molecular weight is 1490 g/mol. The molecule has 5 aromatic rings. The molecular weight excluding hydrogens is 1410 g/mol. The van der Waals surface area contributed by atoms with E-state index in [0.29, 0.717) is 6.42 Å². The monoisotopic (exact) mass is 1490 g/mol. The Morgan fingerprint density at radius 3 is 1.93 bits per heavy atom. The summed E-state index contributed by atoms with van der Waals surface area (Å²) in [6, 6.07) is 0.477. The summed E-state index contributed by atoms with van der Waals surface area (Å²) in [4.78, 5) is 119. The Morgan fingerprint density at radius 2 is 1.34 bits per heavy atom. The maximum absolute atomic E-state index is 16.1. The van der Waals surface area contributed by atoms with Crippen LogP contribution in [-0.4, -0.2) is 186 Å². The molecule has 0 aromatic heterocycles. The fraction of sp³-hybridized carbons (Fsp3) is 0.449. The van der Waals surface area contributed by atoms with Crippen LogP contribution in [0.4, 0.5) is 0 Å². The number of nitrogens with two attached hydrogens (primary N) is 2. The Morgan fingerprint density at radius 1 is 0.721 bits per heavy atom. The van der Waals surface area contributed by atoms with Gasteiger partial charge < -0.3 is 128 Å². The number of aromatic hydroxyl groups is 3. The van der Waals surface area contributed by atoms with Crippen LogP contribution in [0.5, 0.6) is 46.0 Å². The van der Waals surface area contributed by atoms with Crippen LogP contribution in [-0.2, 0) is 52.6 Å². The minimum atomic E-state index is -2.33. The van der Waals surface area contributed by atoms with Gasteiger partial charge in [0.15, 0.2) is 30.2 Å². The molecule has 104 heavy (non-hydrogen) atoms. The molecule has 0 aliphatic carbocycles. The molecule has 21 N–H and O–H groups in total. The normalized spacial score (nSPS) is 28.9. The van der Waals surface area contributed by atoms with Crippen molar-refractivity contribution in [3.8, 4) is 57.1 Å². The summed E-state index contributed by atoms with van der Waals surface area (Å²) in [7, 11) is 1.48. The number of ether oxygens (including phenoxy) is 6. The van der Waals surface area contributed by atoms with Crippen molar-refractivity contribution in [1.82, 2.24) is 42.5 Å². The molecule has 0 saturated carbocycles. The number of halogens is 2. The lowest BCUT2D eigenvalue weighted by molar-refractivity contribution is -0.348. The van der Waals surface area contributed by atoms with Gasteiger partial charge in [-0.2, -0.15) is 0 Å². The van der Waals surface area contributed by atoms with E-state index < -0.39 is 220 Å². The first-order valence-corrected chi connectivity index (χ1v) is 34.0. The summed E-state index contributed by atoms with van der Waals surface area (Å²) < 4.78 is 38.2. The molecule has 2 saturated heterocycles. The van der Waals surface area contributed by atoms with Crippen molar-refractivity contribution in [2.45, 2.75) is 164 Å². The van der Waals surface area contributed by atoms with Crippen LogP contribution < -0.4 is 68.2 Å². The number of amides is 8. The molecule has 35 heteroatoms. The second kappa shape index (κ2) is 32.0. The molecule has 7 aliphatic heterocycles. The number of nitrogens with one attached hydrogen (secondary N) is 8. The van der Waals surface area contributed by atoms with E-state index in [1.54, 1.807) is 20.8 Å². The highest BCUT2D eigenvalue weighted by Crippen LogP contribution is 2.50. The van der Waals surface area contributed by atoms with Crippen LogP contribution in [0.25, 0.3) is 11.1 Å². The van der Waals surface area contributed by atoms with Gasteiger partial charge in [0.25, 0.3) is 0 Å². The lowest BCUT2D eigenvalue weighted by Gasteiger charge is -2.47. The predicted octanol–water partition coefficient (Wildman–Crippen LogP) is 0.753. The Labute approximate surface area is 604 Å². The zero-order chi connectivity index (χ0) is 75.7. The summed E-state index contributed by atoms with van der Waals surface area (Å²) in [6.45, 7) is 7.65. The molecule has 11 bridgehead atoms. The second-order valence-electron chi connectivity index (χ2n) is 26.7. The number of rotatable bonds is 15. The highest BCUT2D eigenvalue weighted by Gasteiger charge is 2.51. The third kappa shape index (κ3) is 16.6. The molecule has 12 rings (SSSR count). The number of hydrogen-bond donors (Lipinski definition) is 19. The van der Waals surface area contributed by atoms with E-state index in [9.17, 15) is 65.1 Å². The molecule has 8 amide bonds. The van der Waals surface area contributed by atoms with E-state index in [4.69, 9.17) is 63.1 Å². The second-order valence-corrected chi connectivity index (χ2v) is 27.5. The van der Waals surface area contributed by atoms with Gasteiger partial charge in [0.1, 0.15) is 95.5 Å². The lowest BCUT2D eigenvalue weighted by atomic mass is 9.82. The van der Waals surface area contributed by atoms with Crippen molar-refractivity contribution >= 4 is 70.5 Å². The fourth-order valence-corrected chi connectivity index (χ4v) is 13.1. The first-order valence-electron chi connectivity index (χ1n) is 33.2. The summed E-state index contributed by atoms with van der Waals surface area (Å²) in [5.74, 6) is -15.2. The maximum Gasteiger partial charge on any atom is 0.248 e. The molecule has 0 radical (unpaired) electrons. The first kappa shape index (κ1) is 77.4. The fourth-order valence-electron chi connectivity index (χ4n) is 12.7. The minimum Gasteiger partial charge on any atom is -0.508 e. The largest absolute Gasteiger partial charge is 0.508 e. The van der Waals surface area contributed by atoms with Gasteiger partial charge in [0.2, 0.25) is 59.3 Å². The SMILES string of the molecule is CCCNC(=O)[C@@H]1NC(=O)[C@H]2NC(=O)[C@H](NC(=O)[C@@H]3NC(=O)[C@H](CC(N)=O)NC(=O)[C@H](NC(=O)[C@@H](CC(C)C)NC)[C@H](O)c4ccc(c(Cl)c4)Oc4cc3cc(c4O[C@H]3O[C@@H](CO)[C@H](O)[C@@H](O)[C@@H]3O[C@H]3C[C@](C)(N)[C@H](C)[C@H](O)O3)Oc3ccc(cc3Cl)[C@H]2O)c2ccc(O)c(c2)-c2c(O)cc(O)cc21. The number of carbonyl (C=O) groups excluding carboxylic acids is 8. The number of hydrogen-bond acceptors (Lipinski definition) is 25. The Hall–Kier alpha value is -9.20. The number of phenolic OH excluding ortho intramolecular Hbond substituents is 3.